The average Bonchev–Trinajstić information content (AvgIpc) is 2.43. The van der Waals surface area contributed by atoms with Gasteiger partial charge in [0.05, 0.1) is 0 Å². The Morgan fingerprint density at radius 1 is 1.27 bits per heavy atom. The van der Waals surface area contributed by atoms with Crippen molar-refractivity contribution >= 4 is 6.16 Å². The van der Waals surface area contributed by atoms with E-state index in [0.29, 0.717) is 20.0 Å². The highest BCUT2D eigenvalue weighted by Gasteiger charge is 2.09. The number of carbonyl (C=O) groups excluding carboxylic acids is 1. The van der Waals surface area contributed by atoms with Crippen LogP contribution in [0.5, 0.6) is 0 Å². The molecule has 0 aliphatic carbocycles. The van der Waals surface area contributed by atoms with E-state index in [1.54, 1.807) is 14.2 Å². The van der Waals surface area contributed by atoms with Crippen molar-refractivity contribution in [1.82, 2.24) is 0 Å². The van der Waals surface area contributed by atoms with Crippen molar-refractivity contribution in [3.8, 4) is 0 Å². The van der Waals surface area contributed by atoms with E-state index in [0.717, 1.165) is 0 Å². The Morgan fingerprint density at radius 2 is 1.73 bits per heavy atom. The van der Waals surface area contributed by atoms with Gasteiger partial charge in [-0.3, -0.25) is 0 Å². The van der Waals surface area contributed by atoms with E-state index in [1.165, 1.54) is 0 Å². The van der Waals surface area contributed by atoms with E-state index in [2.05, 4.69) is 18.9 Å². The standard InChI is InChI=1S/C3H4O3.C3H8O2/c4-3-5-1-2-6-3;1-4-3-5-2/h1-2H2;3H2,1-2H3. The highest BCUT2D eigenvalue weighted by molar-refractivity contribution is 5.61. The summed E-state index contributed by atoms with van der Waals surface area (Å²) in [7, 11) is 3.17. The zero-order valence-electron chi connectivity index (χ0n) is 6.66. The molecule has 0 N–H and O–H groups in total. The third kappa shape index (κ3) is 7.08. The summed E-state index contributed by atoms with van der Waals surface area (Å²) in [6.07, 6.45) is -0.546. The molecule has 0 bridgehead atoms. The van der Waals surface area contributed by atoms with Crippen LogP contribution in [0.2, 0.25) is 0 Å². The van der Waals surface area contributed by atoms with Gasteiger partial charge < -0.3 is 18.9 Å². The smallest absolute Gasteiger partial charge is 0.431 e. The fourth-order valence-corrected chi connectivity index (χ4v) is 0.410. The van der Waals surface area contributed by atoms with E-state index in [9.17, 15) is 4.79 Å². The van der Waals surface area contributed by atoms with Crippen LogP contribution in [0.25, 0.3) is 0 Å². The Morgan fingerprint density at radius 3 is 1.82 bits per heavy atom. The number of ether oxygens (including phenoxy) is 4. The molecule has 1 aliphatic rings. The lowest BCUT2D eigenvalue weighted by Crippen LogP contribution is -1.88. The molecular weight excluding hydrogens is 152 g/mol. The maximum absolute atomic E-state index is 9.80. The zero-order valence-corrected chi connectivity index (χ0v) is 6.66. The molecule has 1 rings (SSSR count). The van der Waals surface area contributed by atoms with Gasteiger partial charge in [-0.05, 0) is 0 Å². The zero-order chi connectivity index (χ0) is 8.53. The van der Waals surface area contributed by atoms with Crippen LogP contribution in [0.1, 0.15) is 0 Å². The molecule has 0 radical (unpaired) electrons. The average molecular weight is 164 g/mol. The Hall–Kier alpha value is -0.810. The number of cyclic esters (lactones) is 2. The molecule has 0 saturated carbocycles. The van der Waals surface area contributed by atoms with Gasteiger partial charge in [0.15, 0.2) is 0 Å². The molecule has 11 heavy (non-hydrogen) atoms. The van der Waals surface area contributed by atoms with Crippen LogP contribution in [-0.2, 0) is 18.9 Å². The number of rotatable bonds is 2. The van der Waals surface area contributed by atoms with Crippen LogP contribution in [0.3, 0.4) is 0 Å². The SMILES string of the molecule is COCOC.O=C1OCCO1. The van der Waals surface area contributed by atoms with E-state index in [1.807, 2.05) is 0 Å². The minimum absolute atomic E-state index is 0.389. The van der Waals surface area contributed by atoms with Crippen molar-refractivity contribution < 1.29 is 23.7 Å². The quantitative estimate of drug-likeness (QED) is 0.436. The second-order valence-corrected chi connectivity index (χ2v) is 1.64. The molecule has 0 aromatic rings. The van der Waals surface area contributed by atoms with Crippen LogP contribution in [0.15, 0.2) is 0 Å². The van der Waals surface area contributed by atoms with E-state index in [4.69, 9.17) is 0 Å². The second-order valence-electron chi connectivity index (χ2n) is 1.64. The fraction of sp³-hybridized carbons (Fsp3) is 0.833. The summed E-state index contributed by atoms with van der Waals surface area (Å²) in [5.41, 5.74) is 0. The monoisotopic (exact) mass is 164 g/mol. The van der Waals surface area contributed by atoms with Crippen molar-refractivity contribution in [1.29, 1.82) is 0 Å². The second kappa shape index (κ2) is 7.30. The van der Waals surface area contributed by atoms with Crippen LogP contribution >= 0.6 is 0 Å². The first-order valence-corrected chi connectivity index (χ1v) is 3.08. The molecule has 0 amide bonds. The Kier molecular flexibility index (Phi) is 6.76. The number of carbonyl (C=O) groups is 1. The molecule has 0 atom stereocenters. The topological polar surface area (TPSA) is 54.0 Å². The summed E-state index contributed by atoms with van der Waals surface area (Å²) in [6.45, 7) is 1.22. The molecular formula is C6H12O5. The Labute approximate surface area is 65.2 Å². The van der Waals surface area contributed by atoms with Crippen molar-refractivity contribution in [2.24, 2.45) is 0 Å². The summed E-state index contributed by atoms with van der Waals surface area (Å²) < 4.78 is 17.5. The maximum atomic E-state index is 9.80. The molecule has 1 saturated heterocycles. The highest BCUT2D eigenvalue weighted by atomic mass is 16.8. The van der Waals surface area contributed by atoms with Gasteiger partial charge >= 0.3 is 6.16 Å². The summed E-state index contributed by atoms with van der Waals surface area (Å²) in [5, 5.41) is 0. The van der Waals surface area contributed by atoms with Crippen LogP contribution in [0.4, 0.5) is 4.79 Å². The third-order valence-corrected chi connectivity index (χ3v) is 0.759. The van der Waals surface area contributed by atoms with Gasteiger partial charge in [0.1, 0.15) is 20.0 Å². The van der Waals surface area contributed by atoms with Gasteiger partial charge in [-0.25, -0.2) is 4.79 Å². The lowest BCUT2D eigenvalue weighted by molar-refractivity contribution is -0.00272. The molecule has 1 fully saturated rings. The molecule has 1 aliphatic heterocycles. The number of hydrogen-bond acceptors (Lipinski definition) is 5. The first-order valence-electron chi connectivity index (χ1n) is 3.08. The Balaban J connectivity index is 0.000000187. The van der Waals surface area contributed by atoms with Gasteiger partial charge in [0.25, 0.3) is 0 Å². The van der Waals surface area contributed by atoms with Gasteiger partial charge in [-0.1, -0.05) is 0 Å². The van der Waals surface area contributed by atoms with Gasteiger partial charge in [-0.2, -0.15) is 0 Å². The van der Waals surface area contributed by atoms with Crippen molar-refractivity contribution in [3.05, 3.63) is 0 Å². The summed E-state index contributed by atoms with van der Waals surface area (Å²) >= 11 is 0. The predicted molar refractivity (Wildman–Crippen MR) is 36.2 cm³/mol. The normalized spacial score (nSPS) is 14.5. The summed E-state index contributed by atoms with van der Waals surface area (Å²) in [4.78, 5) is 9.80. The summed E-state index contributed by atoms with van der Waals surface area (Å²) in [5.74, 6) is 0. The number of hydrogen-bond donors (Lipinski definition) is 0. The third-order valence-electron chi connectivity index (χ3n) is 0.759. The number of methoxy groups -OCH3 is 2. The molecule has 5 heteroatoms. The van der Waals surface area contributed by atoms with Crippen LogP contribution < -0.4 is 0 Å². The first kappa shape index (κ1) is 10.2. The lowest BCUT2D eigenvalue weighted by Gasteiger charge is -1.87. The van der Waals surface area contributed by atoms with Crippen molar-refractivity contribution in [2.75, 3.05) is 34.2 Å². The molecule has 0 spiro atoms. The molecule has 1 heterocycles. The van der Waals surface area contributed by atoms with E-state index >= 15 is 0 Å². The maximum Gasteiger partial charge on any atom is 0.508 e. The van der Waals surface area contributed by atoms with Crippen LogP contribution in [-0.4, -0.2) is 40.4 Å². The summed E-state index contributed by atoms with van der Waals surface area (Å²) in [6, 6.07) is 0. The lowest BCUT2D eigenvalue weighted by atomic mass is 10.8. The highest BCUT2D eigenvalue weighted by Crippen LogP contribution is 1.92. The molecule has 0 aromatic heterocycles. The molecule has 5 nitrogen and oxygen atoms in total. The van der Waals surface area contributed by atoms with Crippen LogP contribution in [0, 0.1) is 0 Å². The van der Waals surface area contributed by atoms with Crippen molar-refractivity contribution in [2.45, 2.75) is 0 Å². The molecule has 0 unspecified atom stereocenters. The molecule has 0 aromatic carbocycles. The van der Waals surface area contributed by atoms with Gasteiger partial charge in [0.2, 0.25) is 0 Å². The largest absolute Gasteiger partial charge is 0.508 e. The van der Waals surface area contributed by atoms with Crippen molar-refractivity contribution in [3.63, 3.8) is 0 Å². The van der Waals surface area contributed by atoms with E-state index in [-0.39, 0.29) is 0 Å². The Bertz CT molecular complexity index is 93.1. The predicted octanol–water partition coefficient (Wildman–Crippen LogP) is 0.390. The van der Waals surface area contributed by atoms with E-state index < -0.39 is 6.16 Å². The fourth-order valence-electron chi connectivity index (χ4n) is 0.410. The minimum atomic E-state index is -0.546. The first-order chi connectivity index (χ1) is 5.31. The van der Waals surface area contributed by atoms with Gasteiger partial charge in [0, 0.05) is 14.2 Å². The molecule has 66 valence electrons. The minimum Gasteiger partial charge on any atom is -0.431 e. The van der Waals surface area contributed by atoms with Gasteiger partial charge in [-0.15, -0.1) is 0 Å².